The molecule has 0 spiro atoms. The summed E-state index contributed by atoms with van der Waals surface area (Å²) < 4.78 is 7.29. The molecule has 0 aliphatic heterocycles. The van der Waals surface area contributed by atoms with Crippen molar-refractivity contribution in [3.63, 3.8) is 0 Å². The molecular formula is C28H39BrOSi. The van der Waals surface area contributed by atoms with Crippen molar-refractivity contribution >= 4 is 34.6 Å². The van der Waals surface area contributed by atoms with Crippen molar-refractivity contribution in [2.45, 2.75) is 59.4 Å². The lowest BCUT2D eigenvalue weighted by atomic mass is 9.66. The van der Waals surface area contributed by atoms with E-state index in [1.54, 1.807) is 0 Å². The Hall–Kier alpha value is -1.16. The highest BCUT2D eigenvalue weighted by Crippen LogP contribution is 2.57. The van der Waals surface area contributed by atoms with Gasteiger partial charge in [-0.25, -0.2) is 0 Å². The fraction of sp³-hybridized carbons (Fsp3) is 0.500. The molecule has 0 amide bonds. The molecule has 1 aliphatic carbocycles. The second-order valence-electron chi connectivity index (χ2n) is 10.9. The van der Waals surface area contributed by atoms with Gasteiger partial charge in [-0.3, -0.25) is 0 Å². The van der Waals surface area contributed by atoms with Crippen LogP contribution in [-0.4, -0.2) is 20.3 Å². The van der Waals surface area contributed by atoms with Gasteiger partial charge < -0.3 is 4.43 Å². The van der Waals surface area contributed by atoms with E-state index in [0.29, 0.717) is 5.92 Å². The van der Waals surface area contributed by atoms with Gasteiger partial charge in [-0.05, 0) is 45.0 Å². The fourth-order valence-electron chi connectivity index (χ4n) is 5.51. The minimum atomic E-state index is -2.48. The van der Waals surface area contributed by atoms with E-state index in [4.69, 9.17) is 4.43 Å². The summed E-state index contributed by atoms with van der Waals surface area (Å²) >= 11 is 3.56. The third-order valence-electron chi connectivity index (χ3n) is 8.00. The average Bonchev–Trinajstić information content (AvgIpc) is 2.97. The van der Waals surface area contributed by atoms with Crippen LogP contribution in [0.15, 0.2) is 72.8 Å². The van der Waals surface area contributed by atoms with E-state index in [0.717, 1.165) is 11.9 Å². The lowest BCUT2D eigenvalue weighted by Gasteiger charge is -2.45. The second kappa shape index (κ2) is 9.37. The van der Waals surface area contributed by atoms with Crippen molar-refractivity contribution in [2.75, 3.05) is 11.9 Å². The van der Waals surface area contributed by atoms with Crippen LogP contribution in [0.3, 0.4) is 0 Å². The molecule has 31 heavy (non-hydrogen) atoms. The number of alkyl halides is 1. The second-order valence-corrected chi connectivity index (χ2v) is 15.9. The average molecular weight is 500 g/mol. The molecule has 3 rings (SSSR count). The summed E-state index contributed by atoms with van der Waals surface area (Å²) in [6.45, 7) is 15.2. The van der Waals surface area contributed by atoms with Crippen LogP contribution in [0, 0.1) is 16.7 Å². The van der Waals surface area contributed by atoms with Crippen molar-refractivity contribution in [1.29, 1.82) is 0 Å². The summed E-state index contributed by atoms with van der Waals surface area (Å²) in [5, 5.41) is 3.68. The standard InChI is InChI=1S/C28H39BrOSi/c1-26(2,3)31(24-14-9-7-10-15-24,25-16-11-8-12-17-25)30-22-23-18-20-28(6,19-13-21-29)27(23,4)5/h7-17,19,23H,18,20-22H2,1-6H3. The molecule has 1 fully saturated rings. The van der Waals surface area contributed by atoms with E-state index in [1.165, 1.54) is 23.2 Å². The maximum absolute atomic E-state index is 7.29. The molecular weight excluding hydrogens is 460 g/mol. The Balaban J connectivity index is 2.00. The first-order chi connectivity index (χ1) is 14.6. The Morgan fingerprint density at radius 3 is 1.94 bits per heavy atom. The predicted molar refractivity (Wildman–Crippen MR) is 141 cm³/mol. The van der Waals surface area contributed by atoms with Crippen LogP contribution in [0.5, 0.6) is 0 Å². The van der Waals surface area contributed by atoms with Gasteiger partial charge in [0.05, 0.1) is 0 Å². The highest BCUT2D eigenvalue weighted by atomic mass is 79.9. The Morgan fingerprint density at radius 2 is 1.48 bits per heavy atom. The molecule has 2 aromatic rings. The summed E-state index contributed by atoms with van der Waals surface area (Å²) in [6, 6.07) is 22.0. The maximum Gasteiger partial charge on any atom is 0.261 e. The quantitative estimate of drug-likeness (QED) is 0.227. The van der Waals surface area contributed by atoms with Crippen LogP contribution in [-0.2, 0) is 4.43 Å². The minimum Gasteiger partial charge on any atom is -0.407 e. The third kappa shape index (κ3) is 4.51. The number of hydrogen-bond donors (Lipinski definition) is 0. The topological polar surface area (TPSA) is 9.23 Å². The van der Waals surface area contributed by atoms with E-state index in [1.807, 2.05) is 0 Å². The van der Waals surface area contributed by atoms with Gasteiger partial charge in [-0.2, -0.15) is 0 Å². The monoisotopic (exact) mass is 498 g/mol. The number of hydrogen-bond acceptors (Lipinski definition) is 1. The van der Waals surface area contributed by atoms with Crippen LogP contribution in [0.4, 0.5) is 0 Å². The minimum absolute atomic E-state index is 0.0254. The molecule has 0 aromatic heterocycles. The molecule has 0 bridgehead atoms. The molecule has 168 valence electrons. The van der Waals surface area contributed by atoms with E-state index < -0.39 is 8.32 Å². The Bertz CT molecular complexity index is 829. The van der Waals surface area contributed by atoms with Gasteiger partial charge >= 0.3 is 0 Å². The predicted octanol–water partition coefficient (Wildman–Crippen LogP) is 6.96. The lowest BCUT2D eigenvalue weighted by molar-refractivity contribution is 0.0912. The summed E-state index contributed by atoms with van der Waals surface area (Å²) in [4.78, 5) is 0. The number of benzene rings is 2. The smallest absolute Gasteiger partial charge is 0.261 e. The molecule has 0 heterocycles. The van der Waals surface area contributed by atoms with Crippen molar-refractivity contribution in [3.8, 4) is 0 Å². The zero-order valence-corrected chi connectivity index (χ0v) is 22.7. The van der Waals surface area contributed by atoms with E-state index >= 15 is 0 Å². The normalized spacial score (nSPS) is 24.0. The number of halogens is 1. The van der Waals surface area contributed by atoms with Crippen molar-refractivity contribution in [2.24, 2.45) is 16.7 Å². The summed E-state index contributed by atoms with van der Waals surface area (Å²) in [6.07, 6.45) is 7.14. The first-order valence-electron chi connectivity index (χ1n) is 11.6. The molecule has 3 heteroatoms. The summed E-state index contributed by atoms with van der Waals surface area (Å²) in [7, 11) is -2.48. The van der Waals surface area contributed by atoms with Gasteiger partial charge in [0.2, 0.25) is 0 Å². The molecule has 2 aromatic carbocycles. The molecule has 1 nitrogen and oxygen atoms in total. The van der Waals surface area contributed by atoms with E-state index in [2.05, 4.69) is 130 Å². The molecule has 0 N–H and O–H groups in total. The van der Waals surface area contributed by atoms with Gasteiger partial charge in [-0.15, -0.1) is 0 Å². The molecule has 2 atom stereocenters. The van der Waals surface area contributed by atoms with Gasteiger partial charge in [0.25, 0.3) is 8.32 Å². The van der Waals surface area contributed by atoms with Gasteiger partial charge in [0, 0.05) is 11.9 Å². The third-order valence-corrected chi connectivity index (χ3v) is 13.4. The maximum atomic E-state index is 7.29. The van der Waals surface area contributed by atoms with Crippen LogP contribution < -0.4 is 10.4 Å². The van der Waals surface area contributed by atoms with Crippen LogP contribution >= 0.6 is 15.9 Å². The van der Waals surface area contributed by atoms with Crippen LogP contribution in [0.25, 0.3) is 0 Å². The lowest BCUT2D eigenvalue weighted by Crippen LogP contribution is -2.67. The first-order valence-corrected chi connectivity index (χ1v) is 14.6. The highest BCUT2D eigenvalue weighted by molar-refractivity contribution is 9.09. The van der Waals surface area contributed by atoms with Gasteiger partial charge in [-0.1, -0.05) is 130 Å². The zero-order chi connectivity index (χ0) is 22.8. The Kier molecular flexibility index (Phi) is 7.40. The van der Waals surface area contributed by atoms with Crippen molar-refractivity contribution < 1.29 is 4.43 Å². The summed E-state index contributed by atoms with van der Waals surface area (Å²) in [5.74, 6) is 0.541. The molecule has 0 radical (unpaired) electrons. The Labute approximate surface area is 199 Å². The zero-order valence-electron chi connectivity index (χ0n) is 20.1. The van der Waals surface area contributed by atoms with Crippen molar-refractivity contribution in [1.82, 2.24) is 0 Å². The Morgan fingerprint density at radius 1 is 0.968 bits per heavy atom. The largest absolute Gasteiger partial charge is 0.407 e. The summed E-state index contributed by atoms with van der Waals surface area (Å²) in [5.41, 5.74) is 0.400. The molecule has 1 aliphatic rings. The SMILES string of the molecule is CC1(C=CCBr)CCC(CO[Si](c2ccccc2)(c2ccccc2)C(C)(C)C)C1(C)C. The van der Waals surface area contributed by atoms with E-state index in [9.17, 15) is 0 Å². The van der Waals surface area contributed by atoms with Crippen LogP contribution in [0.2, 0.25) is 5.04 Å². The number of allylic oxidation sites excluding steroid dienone is 2. The first kappa shape index (κ1) is 24.5. The van der Waals surface area contributed by atoms with E-state index in [-0.39, 0.29) is 15.9 Å². The van der Waals surface area contributed by atoms with Gasteiger partial charge in [0.1, 0.15) is 0 Å². The van der Waals surface area contributed by atoms with Crippen molar-refractivity contribution in [3.05, 3.63) is 72.8 Å². The van der Waals surface area contributed by atoms with Crippen LogP contribution in [0.1, 0.15) is 54.4 Å². The number of rotatable bonds is 7. The molecule has 2 unspecified atom stereocenters. The van der Waals surface area contributed by atoms with Gasteiger partial charge in [0.15, 0.2) is 0 Å². The fourth-order valence-corrected chi connectivity index (χ4v) is 10.3. The molecule has 0 saturated heterocycles. The molecule has 1 saturated carbocycles. The highest BCUT2D eigenvalue weighted by Gasteiger charge is 2.54.